The normalized spacial score (nSPS) is 11.4. The Kier molecular flexibility index (Phi) is 5.39. The van der Waals surface area contributed by atoms with Gasteiger partial charge in [0.15, 0.2) is 5.78 Å². The van der Waals surface area contributed by atoms with Crippen LogP contribution in [0.4, 0.5) is 4.39 Å². The van der Waals surface area contributed by atoms with Gasteiger partial charge >= 0.3 is 0 Å². The number of ketones is 1. The minimum atomic E-state index is -0.365. The van der Waals surface area contributed by atoms with Crippen molar-refractivity contribution in [2.45, 2.75) is 4.90 Å². The van der Waals surface area contributed by atoms with Gasteiger partial charge in [-0.25, -0.2) is 4.39 Å². The van der Waals surface area contributed by atoms with Gasteiger partial charge in [0.25, 0.3) is 0 Å². The van der Waals surface area contributed by atoms with E-state index < -0.39 is 0 Å². The second-order valence-electron chi connectivity index (χ2n) is 5.05. The number of halogens is 1. The molecule has 0 unspecified atom stereocenters. The second-order valence-corrected chi connectivity index (χ2v) is 5.90. The predicted molar refractivity (Wildman–Crippen MR) is 90.6 cm³/mol. The first-order valence-corrected chi connectivity index (χ1v) is 8.07. The summed E-state index contributed by atoms with van der Waals surface area (Å²) < 4.78 is 13.9. The lowest BCUT2D eigenvalue weighted by molar-refractivity contribution is 0.105. The van der Waals surface area contributed by atoms with E-state index in [0.29, 0.717) is 16.0 Å². The third-order valence-electron chi connectivity index (χ3n) is 3.13. The maximum absolute atomic E-state index is 13.9. The van der Waals surface area contributed by atoms with Gasteiger partial charge in [-0.1, -0.05) is 30.3 Å². The third kappa shape index (κ3) is 3.77. The van der Waals surface area contributed by atoms with E-state index in [0.717, 1.165) is 5.56 Å². The molecule has 0 saturated heterocycles. The van der Waals surface area contributed by atoms with Crippen molar-refractivity contribution >= 4 is 23.1 Å². The Bertz CT molecular complexity index is 695. The molecular weight excluding hydrogens is 297 g/mol. The van der Waals surface area contributed by atoms with E-state index in [-0.39, 0.29) is 11.6 Å². The number of allylic oxidation sites excluding steroid dienone is 1. The highest BCUT2D eigenvalue weighted by molar-refractivity contribution is 7.98. The van der Waals surface area contributed by atoms with Crippen molar-refractivity contribution in [3.05, 3.63) is 71.7 Å². The van der Waals surface area contributed by atoms with Gasteiger partial charge in [0.2, 0.25) is 0 Å². The highest BCUT2D eigenvalue weighted by atomic mass is 32.2. The molecular formula is C18H18FNOS. The number of thioether (sulfide) groups is 1. The molecule has 0 atom stereocenters. The van der Waals surface area contributed by atoms with Gasteiger partial charge in [0, 0.05) is 36.3 Å². The number of carbonyl (C=O) groups is 1. The number of rotatable bonds is 5. The molecule has 4 heteroatoms. The molecule has 0 aliphatic heterocycles. The fraction of sp³-hybridized carbons (Fsp3) is 0.167. The number of benzene rings is 2. The number of Topliss-reactive ketones (excluding diaryl/α,β-unsaturated/α-hetero) is 1. The van der Waals surface area contributed by atoms with Gasteiger partial charge in [-0.2, -0.15) is 0 Å². The van der Waals surface area contributed by atoms with Gasteiger partial charge in [-0.3, -0.25) is 4.79 Å². The van der Waals surface area contributed by atoms with Crippen molar-refractivity contribution in [1.29, 1.82) is 0 Å². The Morgan fingerprint density at radius 3 is 2.32 bits per heavy atom. The van der Waals surface area contributed by atoms with E-state index in [9.17, 15) is 9.18 Å². The van der Waals surface area contributed by atoms with Crippen molar-refractivity contribution in [3.8, 4) is 0 Å². The first kappa shape index (κ1) is 16.3. The zero-order valence-electron chi connectivity index (χ0n) is 12.8. The Balaban J connectivity index is 2.45. The van der Waals surface area contributed by atoms with Crippen molar-refractivity contribution in [1.82, 2.24) is 4.90 Å². The zero-order chi connectivity index (χ0) is 16.1. The lowest BCUT2D eigenvalue weighted by atomic mass is 9.97. The fourth-order valence-electron chi connectivity index (χ4n) is 2.10. The minimum Gasteiger partial charge on any atom is -0.383 e. The number of nitrogens with zero attached hydrogens (tertiary/aromatic N) is 1. The Hall–Kier alpha value is -2.07. The van der Waals surface area contributed by atoms with Crippen LogP contribution >= 0.6 is 11.8 Å². The molecule has 0 bridgehead atoms. The summed E-state index contributed by atoms with van der Waals surface area (Å²) in [5.74, 6) is -0.554. The Labute approximate surface area is 134 Å². The summed E-state index contributed by atoms with van der Waals surface area (Å²) >= 11 is 1.32. The summed E-state index contributed by atoms with van der Waals surface area (Å²) in [6, 6.07) is 14.0. The SMILES string of the molecule is CSc1ccc(C(=O)C(=CN(C)C)c2ccccc2)cc1F. The summed E-state index contributed by atoms with van der Waals surface area (Å²) in [5, 5.41) is 0. The van der Waals surface area contributed by atoms with Crippen molar-refractivity contribution in [3.63, 3.8) is 0 Å². The largest absolute Gasteiger partial charge is 0.383 e. The second kappa shape index (κ2) is 7.27. The van der Waals surface area contributed by atoms with Gasteiger partial charge in [-0.15, -0.1) is 11.8 Å². The van der Waals surface area contributed by atoms with Crippen LogP contribution in [0.2, 0.25) is 0 Å². The van der Waals surface area contributed by atoms with Crippen LogP contribution in [0.5, 0.6) is 0 Å². The maximum Gasteiger partial charge on any atom is 0.195 e. The van der Waals surface area contributed by atoms with Gasteiger partial charge in [0.05, 0.1) is 0 Å². The molecule has 2 rings (SSSR count). The average molecular weight is 315 g/mol. The Morgan fingerprint density at radius 1 is 1.09 bits per heavy atom. The third-order valence-corrected chi connectivity index (χ3v) is 3.90. The first-order valence-electron chi connectivity index (χ1n) is 6.85. The minimum absolute atomic E-state index is 0.188. The molecule has 0 aliphatic rings. The highest BCUT2D eigenvalue weighted by Gasteiger charge is 2.16. The molecule has 0 aliphatic carbocycles. The highest BCUT2D eigenvalue weighted by Crippen LogP contribution is 2.24. The molecule has 0 aromatic heterocycles. The topological polar surface area (TPSA) is 20.3 Å². The van der Waals surface area contributed by atoms with E-state index in [2.05, 4.69) is 0 Å². The number of carbonyl (C=O) groups excluding carboxylic acids is 1. The summed E-state index contributed by atoms with van der Waals surface area (Å²) in [6.45, 7) is 0. The van der Waals surface area contributed by atoms with Crippen LogP contribution in [0.1, 0.15) is 15.9 Å². The number of hydrogen-bond acceptors (Lipinski definition) is 3. The van der Waals surface area contributed by atoms with Crippen LogP contribution in [0.15, 0.2) is 59.6 Å². The lowest BCUT2D eigenvalue weighted by Gasteiger charge is -2.12. The van der Waals surface area contributed by atoms with Crippen LogP contribution < -0.4 is 0 Å². The molecule has 0 amide bonds. The molecule has 2 aromatic rings. The summed E-state index contributed by atoms with van der Waals surface area (Å²) in [5.41, 5.74) is 1.71. The van der Waals surface area contributed by atoms with Crippen LogP contribution in [0, 0.1) is 5.82 Å². The molecule has 22 heavy (non-hydrogen) atoms. The molecule has 0 N–H and O–H groups in total. The van der Waals surface area contributed by atoms with Crippen LogP contribution in [-0.2, 0) is 0 Å². The van der Waals surface area contributed by atoms with E-state index in [1.165, 1.54) is 17.8 Å². The Morgan fingerprint density at radius 2 is 1.77 bits per heavy atom. The summed E-state index contributed by atoms with van der Waals surface area (Å²) in [6.07, 6.45) is 3.57. The molecule has 0 spiro atoms. The van der Waals surface area contributed by atoms with E-state index in [1.54, 1.807) is 24.6 Å². The molecule has 114 valence electrons. The maximum atomic E-state index is 13.9. The van der Waals surface area contributed by atoms with Gasteiger partial charge < -0.3 is 4.90 Å². The van der Waals surface area contributed by atoms with Crippen molar-refractivity contribution in [2.75, 3.05) is 20.4 Å². The van der Waals surface area contributed by atoms with Crippen LogP contribution in [-0.4, -0.2) is 31.0 Å². The van der Waals surface area contributed by atoms with Crippen LogP contribution in [0.25, 0.3) is 5.57 Å². The molecule has 0 fully saturated rings. The molecule has 0 heterocycles. The number of hydrogen-bond donors (Lipinski definition) is 0. The standard InChI is InChI=1S/C18H18FNOS/c1-20(2)12-15(13-7-5-4-6-8-13)18(21)14-9-10-17(22-3)16(19)11-14/h4-12H,1-3H3. The van der Waals surface area contributed by atoms with Gasteiger partial charge in [-0.05, 0) is 30.0 Å². The summed E-state index contributed by atoms with van der Waals surface area (Å²) in [4.78, 5) is 15.1. The first-order chi connectivity index (χ1) is 10.5. The molecule has 0 radical (unpaired) electrons. The van der Waals surface area contributed by atoms with E-state index in [4.69, 9.17) is 0 Å². The lowest BCUT2D eigenvalue weighted by Crippen LogP contribution is -2.09. The zero-order valence-corrected chi connectivity index (χ0v) is 13.7. The molecule has 0 saturated carbocycles. The monoisotopic (exact) mass is 315 g/mol. The van der Waals surface area contributed by atoms with Crippen molar-refractivity contribution in [2.24, 2.45) is 0 Å². The van der Waals surface area contributed by atoms with Gasteiger partial charge in [0.1, 0.15) is 5.82 Å². The smallest absolute Gasteiger partial charge is 0.195 e. The predicted octanol–water partition coefficient (Wildman–Crippen LogP) is 4.33. The molecule has 2 nitrogen and oxygen atoms in total. The summed E-state index contributed by atoms with van der Waals surface area (Å²) in [7, 11) is 3.71. The van der Waals surface area contributed by atoms with E-state index >= 15 is 0 Å². The van der Waals surface area contributed by atoms with Crippen LogP contribution in [0.3, 0.4) is 0 Å². The molecule has 2 aromatic carbocycles. The fourth-order valence-corrected chi connectivity index (χ4v) is 2.56. The van der Waals surface area contributed by atoms with Crippen molar-refractivity contribution < 1.29 is 9.18 Å². The quantitative estimate of drug-likeness (QED) is 0.465. The van der Waals surface area contributed by atoms with E-state index in [1.807, 2.05) is 49.3 Å². The average Bonchev–Trinajstić information content (AvgIpc) is 2.52.